The SMILES string of the molecule is C=C(C)C(C1CC(=O)OC1=O)C(C)(C)CC(C)(C)C. The standard InChI is InChI=1S/C16H26O3/c1-10(2)13(11-8-12(17)19-14(11)18)16(6,7)9-15(3,4)5/h11,13H,1,8-9H2,2-7H3. The fourth-order valence-corrected chi connectivity index (χ4v) is 3.78. The van der Waals surface area contributed by atoms with E-state index < -0.39 is 5.97 Å². The Kier molecular flexibility index (Phi) is 4.28. The first kappa shape index (κ1) is 15.9. The van der Waals surface area contributed by atoms with Crippen LogP contribution in [0.1, 0.15) is 54.4 Å². The van der Waals surface area contributed by atoms with Gasteiger partial charge in [0, 0.05) is 0 Å². The number of cyclic esters (lactones) is 2. The van der Waals surface area contributed by atoms with Crippen molar-refractivity contribution in [2.75, 3.05) is 0 Å². The van der Waals surface area contributed by atoms with Crippen LogP contribution in [0.25, 0.3) is 0 Å². The molecule has 1 saturated heterocycles. The molecular weight excluding hydrogens is 240 g/mol. The topological polar surface area (TPSA) is 43.4 Å². The Morgan fingerprint density at radius 3 is 2.16 bits per heavy atom. The molecule has 1 rings (SSSR count). The molecule has 2 unspecified atom stereocenters. The molecule has 108 valence electrons. The van der Waals surface area contributed by atoms with E-state index in [-0.39, 0.29) is 35.1 Å². The number of hydrogen-bond acceptors (Lipinski definition) is 3. The zero-order valence-electron chi connectivity index (χ0n) is 13.0. The summed E-state index contributed by atoms with van der Waals surface area (Å²) in [6.07, 6.45) is 1.14. The normalized spacial score (nSPS) is 22.3. The molecule has 0 amide bonds. The van der Waals surface area contributed by atoms with Gasteiger partial charge >= 0.3 is 11.9 Å². The van der Waals surface area contributed by atoms with E-state index in [1.165, 1.54) is 0 Å². The lowest BCUT2D eigenvalue weighted by atomic mass is 9.62. The molecule has 1 heterocycles. The van der Waals surface area contributed by atoms with Crippen molar-refractivity contribution >= 4 is 11.9 Å². The van der Waals surface area contributed by atoms with Gasteiger partial charge in [0.05, 0.1) is 12.3 Å². The van der Waals surface area contributed by atoms with Crippen LogP contribution in [0.5, 0.6) is 0 Å². The molecule has 0 bridgehead atoms. The number of rotatable bonds is 4. The molecule has 0 aromatic rings. The van der Waals surface area contributed by atoms with Crippen molar-refractivity contribution in [1.29, 1.82) is 0 Å². The first-order valence-corrected chi connectivity index (χ1v) is 6.84. The fourth-order valence-electron chi connectivity index (χ4n) is 3.78. The second kappa shape index (κ2) is 5.10. The van der Waals surface area contributed by atoms with E-state index in [4.69, 9.17) is 4.74 Å². The van der Waals surface area contributed by atoms with Crippen LogP contribution in [0.4, 0.5) is 0 Å². The molecule has 3 nitrogen and oxygen atoms in total. The van der Waals surface area contributed by atoms with Crippen LogP contribution >= 0.6 is 0 Å². The van der Waals surface area contributed by atoms with E-state index in [0.717, 1.165) is 12.0 Å². The van der Waals surface area contributed by atoms with Crippen molar-refractivity contribution in [2.45, 2.75) is 54.4 Å². The van der Waals surface area contributed by atoms with E-state index >= 15 is 0 Å². The molecule has 1 aliphatic rings. The van der Waals surface area contributed by atoms with Gasteiger partial charge in [-0.25, -0.2) is 0 Å². The third-order valence-electron chi connectivity index (χ3n) is 3.66. The van der Waals surface area contributed by atoms with Crippen LogP contribution in [-0.4, -0.2) is 11.9 Å². The number of carbonyl (C=O) groups excluding carboxylic acids is 2. The number of ether oxygens (including phenoxy) is 1. The molecule has 0 radical (unpaired) electrons. The number of allylic oxidation sites excluding steroid dienone is 1. The average Bonchev–Trinajstić information content (AvgIpc) is 2.39. The largest absolute Gasteiger partial charge is 0.393 e. The smallest absolute Gasteiger partial charge is 0.317 e. The second-order valence-electron chi connectivity index (χ2n) is 7.65. The lowest BCUT2D eigenvalue weighted by molar-refractivity contribution is -0.154. The Hall–Kier alpha value is -1.12. The number of esters is 2. The monoisotopic (exact) mass is 266 g/mol. The number of hydrogen-bond donors (Lipinski definition) is 0. The molecule has 0 aromatic heterocycles. The lowest BCUT2D eigenvalue weighted by Gasteiger charge is -2.41. The Balaban J connectivity index is 3.04. The second-order valence-corrected chi connectivity index (χ2v) is 7.65. The highest BCUT2D eigenvalue weighted by atomic mass is 16.6. The minimum Gasteiger partial charge on any atom is -0.393 e. The molecule has 0 aromatic carbocycles. The highest BCUT2D eigenvalue weighted by Crippen LogP contribution is 2.47. The van der Waals surface area contributed by atoms with Crippen LogP contribution in [0.15, 0.2) is 12.2 Å². The van der Waals surface area contributed by atoms with Crippen LogP contribution in [0.2, 0.25) is 0 Å². The number of carbonyl (C=O) groups is 2. The van der Waals surface area contributed by atoms with Gasteiger partial charge in [0.15, 0.2) is 0 Å². The minimum absolute atomic E-state index is 0.0225. The van der Waals surface area contributed by atoms with Gasteiger partial charge in [0.1, 0.15) is 0 Å². The van der Waals surface area contributed by atoms with Gasteiger partial charge in [0.2, 0.25) is 0 Å². The highest BCUT2D eigenvalue weighted by molar-refractivity contribution is 5.95. The van der Waals surface area contributed by atoms with Crippen molar-refractivity contribution in [3.8, 4) is 0 Å². The summed E-state index contributed by atoms with van der Waals surface area (Å²) < 4.78 is 4.71. The Morgan fingerprint density at radius 2 is 1.84 bits per heavy atom. The quantitative estimate of drug-likeness (QED) is 0.442. The van der Waals surface area contributed by atoms with E-state index in [0.29, 0.717) is 0 Å². The Labute approximate surface area is 116 Å². The van der Waals surface area contributed by atoms with Crippen LogP contribution in [-0.2, 0) is 14.3 Å². The minimum atomic E-state index is -0.409. The molecule has 1 aliphatic heterocycles. The van der Waals surface area contributed by atoms with E-state index in [9.17, 15) is 9.59 Å². The molecule has 0 spiro atoms. The maximum absolute atomic E-state index is 11.9. The summed E-state index contributed by atoms with van der Waals surface area (Å²) in [4.78, 5) is 23.2. The fraction of sp³-hybridized carbons (Fsp3) is 0.750. The molecule has 2 atom stereocenters. The van der Waals surface area contributed by atoms with Crippen LogP contribution in [0, 0.1) is 22.7 Å². The lowest BCUT2D eigenvalue weighted by Crippen LogP contribution is -2.36. The maximum atomic E-state index is 11.9. The van der Waals surface area contributed by atoms with Crippen LogP contribution < -0.4 is 0 Å². The summed E-state index contributed by atoms with van der Waals surface area (Å²) in [6, 6.07) is 0. The Bertz CT molecular complexity index is 399. The van der Waals surface area contributed by atoms with Gasteiger partial charge in [0.25, 0.3) is 0 Å². The summed E-state index contributed by atoms with van der Waals surface area (Å²) >= 11 is 0. The zero-order valence-corrected chi connectivity index (χ0v) is 13.0. The van der Waals surface area contributed by atoms with Gasteiger partial charge in [-0.2, -0.15) is 0 Å². The van der Waals surface area contributed by atoms with Gasteiger partial charge in [-0.1, -0.05) is 46.8 Å². The third kappa shape index (κ3) is 3.92. The highest BCUT2D eigenvalue weighted by Gasteiger charge is 2.46. The zero-order chi connectivity index (χ0) is 15.0. The van der Waals surface area contributed by atoms with Gasteiger partial charge in [-0.15, -0.1) is 0 Å². The molecule has 19 heavy (non-hydrogen) atoms. The maximum Gasteiger partial charge on any atom is 0.317 e. The molecule has 0 saturated carbocycles. The van der Waals surface area contributed by atoms with Crippen molar-refractivity contribution in [1.82, 2.24) is 0 Å². The van der Waals surface area contributed by atoms with E-state index in [1.807, 2.05) is 6.92 Å². The summed E-state index contributed by atoms with van der Waals surface area (Å²) in [5.74, 6) is -1.19. The molecular formula is C16H26O3. The van der Waals surface area contributed by atoms with Gasteiger partial charge in [-0.3, -0.25) is 9.59 Å². The first-order chi connectivity index (χ1) is 8.44. The molecule has 3 heteroatoms. The van der Waals surface area contributed by atoms with Crippen LogP contribution in [0.3, 0.4) is 0 Å². The summed E-state index contributed by atoms with van der Waals surface area (Å²) in [7, 11) is 0. The Morgan fingerprint density at radius 1 is 1.32 bits per heavy atom. The van der Waals surface area contributed by atoms with Gasteiger partial charge in [-0.05, 0) is 30.1 Å². The van der Waals surface area contributed by atoms with Gasteiger partial charge < -0.3 is 4.74 Å². The van der Waals surface area contributed by atoms with Crippen molar-refractivity contribution in [3.63, 3.8) is 0 Å². The summed E-state index contributed by atoms with van der Waals surface area (Å²) in [5, 5.41) is 0. The van der Waals surface area contributed by atoms with Crippen molar-refractivity contribution < 1.29 is 14.3 Å². The van der Waals surface area contributed by atoms with Crippen molar-refractivity contribution in [3.05, 3.63) is 12.2 Å². The summed E-state index contributed by atoms with van der Waals surface area (Å²) in [6.45, 7) is 16.8. The van der Waals surface area contributed by atoms with Crippen molar-refractivity contribution in [2.24, 2.45) is 22.7 Å². The van der Waals surface area contributed by atoms with E-state index in [1.54, 1.807) is 0 Å². The predicted molar refractivity (Wildman–Crippen MR) is 75.4 cm³/mol. The predicted octanol–water partition coefficient (Wildman–Crippen LogP) is 3.73. The first-order valence-electron chi connectivity index (χ1n) is 6.84. The molecule has 1 fully saturated rings. The molecule has 0 aliphatic carbocycles. The summed E-state index contributed by atoms with van der Waals surface area (Å²) in [5.41, 5.74) is 1.01. The van der Waals surface area contributed by atoms with E-state index in [2.05, 4.69) is 41.2 Å². The third-order valence-corrected chi connectivity index (χ3v) is 3.66. The molecule has 0 N–H and O–H groups in total. The average molecular weight is 266 g/mol.